The van der Waals surface area contributed by atoms with Crippen molar-refractivity contribution in [3.05, 3.63) is 47.4 Å². The number of rotatable bonds is 5. The van der Waals surface area contributed by atoms with E-state index in [1.807, 2.05) is 12.1 Å². The molecule has 2 aromatic rings. The molecule has 8 heteroatoms. The number of fused-ring (bicyclic) bond motifs is 1. The summed E-state index contributed by atoms with van der Waals surface area (Å²) in [6.07, 6.45) is 7.00. The van der Waals surface area contributed by atoms with Gasteiger partial charge in [0.1, 0.15) is 17.9 Å². The topological polar surface area (TPSA) is 110 Å². The number of hydrogen-bond donors (Lipinski definition) is 2. The van der Waals surface area contributed by atoms with Crippen molar-refractivity contribution in [2.24, 2.45) is 5.92 Å². The Bertz CT molecular complexity index is 933. The van der Waals surface area contributed by atoms with Crippen LogP contribution in [0.15, 0.2) is 30.7 Å². The SMILES string of the molecule is Nc1ncncc1C(=O)N1CCC[C@H](CC(=O)NCc2ccc3c(c2)CCCO3)C1. The quantitative estimate of drug-likeness (QED) is 0.781. The predicted molar refractivity (Wildman–Crippen MR) is 112 cm³/mol. The Morgan fingerprint density at radius 1 is 1.30 bits per heavy atom. The molecule has 2 aliphatic rings. The van der Waals surface area contributed by atoms with Gasteiger partial charge in [0, 0.05) is 32.3 Å². The van der Waals surface area contributed by atoms with Crippen LogP contribution in [0.25, 0.3) is 0 Å². The van der Waals surface area contributed by atoms with Crippen molar-refractivity contribution >= 4 is 17.6 Å². The standard InChI is InChI=1S/C22H27N5O3/c23-21-18(12-24-14-26-21)22(29)27-7-1-3-16(13-27)10-20(28)25-11-15-5-6-19-17(9-15)4-2-8-30-19/h5-6,9,12,14,16H,1-4,7-8,10-11,13H2,(H,25,28)(H2,23,24,26)/t16-/m1/s1. The van der Waals surface area contributed by atoms with E-state index in [0.29, 0.717) is 31.6 Å². The van der Waals surface area contributed by atoms with E-state index in [2.05, 4.69) is 21.4 Å². The van der Waals surface area contributed by atoms with E-state index in [0.717, 1.165) is 43.6 Å². The zero-order chi connectivity index (χ0) is 20.9. The number of amides is 2. The Labute approximate surface area is 175 Å². The van der Waals surface area contributed by atoms with Gasteiger partial charge in [-0.1, -0.05) is 12.1 Å². The maximum atomic E-state index is 12.7. The first-order valence-corrected chi connectivity index (χ1v) is 10.5. The Morgan fingerprint density at radius 2 is 2.20 bits per heavy atom. The highest BCUT2D eigenvalue weighted by molar-refractivity contribution is 5.98. The van der Waals surface area contributed by atoms with Gasteiger partial charge in [-0.25, -0.2) is 9.97 Å². The lowest BCUT2D eigenvalue weighted by Crippen LogP contribution is -2.41. The molecule has 0 saturated carbocycles. The summed E-state index contributed by atoms with van der Waals surface area (Å²) < 4.78 is 5.64. The van der Waals surface area contributed by atoms with Gasteiger partial charge in [0.15, 0.2) is 0 Å². The molecular weight excluding hydrogens is 382 g/mol. The lowest BCUT2D eigenvalue weighted by molar-refractivity contribution is -0.122. The molecular formula is C22H27N5O3. The molecule has 2 aliphatic heterocycles. The van der Waals surface area contributed by atoms with Crippen LogP contribution in [0.5, 0.6) is 5.75 Å². The first-order valence-electron chi connectivity index (χ1n) is 10.5. The monoisotopic (exact) mass is 409 g/mol. The second-order valence-corrected chi connectivity index (χ2v) is 7.96. The molecule has 0 bridgehead atoms. The fourth-order valence-electron chi connectivity index (χ4n) is 4.15. The average Bonchev–Trinajstić information content (AvgIpc) is 2.77. The fraction of sp³-hybridized carbons (Fsp3) is 0.455. The smallest absolute Gasteiger partial charge is 0.259 e. The van der Waals surface area contributed by atoms with E-state index in [1.165, 1.54) is 18.1 Å². The van der Waals surface area contributed by atoms with E-state index in [-0.39, 0.29) is 23.6 Å². The highest BCUT2D eigenvalue weighted by atomic mass is 16.5. The van der Waals surface area contributed by atoms with Crippen molar-refractivity contribution < 1.29 is 14.3 Å². The normalized spacial score (nSPS) is 18.3. The second kappa shape index (κ2) is 9.11. The van der Waals surface area contributed by atoms with Crippen molar-refractivity contribution in [2.75, 3.05) is 25.4 Å². The van der Waals surface area contributed by atoms with Crippen molar-refractivity contribution in [1.82, 2.24) is 20.2 Å². The maximum absolute atomic E-state index is 12.7. The van der Waals surface area contributed by atoms with Gasteiger partial charge in [-0.05, 0) is 48.8 Å². The zero-order valence-electron chi connectivity index (χ0n) is 17.0. The van der Waals surface area contributed by atoms with Crippen molar-refractivity contribution in [2.45, 2.75) is 38.6 Å². The maximum Gasteiger partial charge on any atom is 0.259 e. The van der Waals surface area contributed by atoms with E-state index in [1.54, 1.807) is 4.90 Å². The first-order chi connectivity index (χ1) is 14.6. The number of anilines is 1. The van der Waals surface area contributed by atoms with Gasteiger partial charge in [-0.2, -0.15) is 0 Å². The Hall–Kier alpha value is -3.16. The molecule has 1 fully saturated rings. The van der Waals surface area contributed by atoms with Crippen molar-refractivity contribution in [1.29, 1.82) is 0 Å². The number of benzene rings is 1. The van der Waals surface area contributed by atoms with Gasteiger partial charge in [0.25, 0.3) is 5.91 Å². The van der Waals surface area contributed by atoms with Crippen molar-refractivity contribution in [3.8, 4) is 5.75 Å². The number of piperidine rings is 1. The lowest BCUT2D eigenvalue weighted by Gasteiger charge is -2.32. The number of ether oxygens (including phenoxy) is 1. The second-order valence-electron chi connectivity index (χ2n) is 7.96. The largest absolute Gasteiger partial charge is 0.493 e. The van der Waals surface area contributed by atoms with Gasteiger partial charge < -0.3 is 20.7 Å². The van der Waals surface area contributed by atoms with Crippen LogP contribution in [0, 0.1) is 5.92 Å². The van der Waals surface area contributed by atoms with Gasteiger partial charge in [0.05, 0.1) is 12.2 Å². The number of carbonyl (C=O) groups excluding carboxylic acids is 2. The molecule has 1 saturated heterocycles. The number of nitrogens with two attached hydrogens (primary N) is 1. The zero-order valence-corrected chi connectivity index (χ0v) is 17.0. The summed E-state index contributed by atoms with van der Waals surface area (Å²) >= 11 is 0. The van der Waals surface area contributed by atoms with E-state index < -0.39 is 0 Å². The number of aryl methyl sites for hydroxylation is 1. The van der Waals surface area contributed by atoms with Crippen molar-refractivity contribution in [3.63, 3.8) is 0 Å². The van der Waals surface area contributed by atoms with Crippen LogP contribution in [0.2, 0.25) is 0 Å². The molecule has 2 amide bonds. The number of nitrogen functional groups attached to an aromatic ring is 1. The van der Waals surface area contributed by atoms with Crippen LogP contribution >= 0.6 is 0 Å². The van der Waals surface area contributed by atoms with E-state index >= 15 is 0 Å². The number of carbonyl (C=O) groups is 2. The van der Waals surface area contributed by atoms with Gasteiger partial charge in [-0.3, -0.25) is 9.59 Å². The van der Waals surface area contributed by atoms with Crippen LogP contribution in [0.4, 0.5) is 5.82 Å². The summed E-state index contributed by atoms with van der Waals surface area (Å²) in [5.74, 6) is 1.10. The summed E-state index contributed by atoms with van der Waals surface area (Å²) in [5, 5.41) is 3.01. The van der Waals surface area contributed by atoms with Crippen LogP contribution in [-0.2, 0) is 17.8 Å². The Morgan fingerprint density at radius 3 is 3.07 bits per heavy atom. The Kier molecular flexibility index (Phi) is 6.11. The molecule has 4 rings (SSSR count). The summed E-state index contributed by atoms with van der Waals surface area (Å²) in [4.78, 5) is 34.8. The molecule has 0 spiro atoms. The first kappa shape index (κ1) is 20.1. The highest BCUT2D eigenvalue weighted by Gasteiger charge is 2.27. The third-order valence-corrected chi connectivity index (χ3v) is 5.72. The van der Waals surface area contributed by atoms with Crippen LogP contribution in [-0.4, -0.2) is 46.4 Å². The van der Waals surface area contributed by atoms with Crippen LogP contribution < -0.4 is 15.8 Å². The molecule has 8 nitrogen and oxygen atoms in total. The summed E-state index contributed by atoms with van der Waals surface area (Å²) in [6.45, 7) is 2.46. The number of aromatic nitrogens is 2. The molecule has 0 aliphatic carbocycles. The number of nitrogens with one attached hydrogen (secondary N) is 1. The molecule has 1 aromatic carbocycles. The van der Waals surface area contributed by atoms with Crippen LogP contribution in [0.1, 0.15) is 47.2 Å². The predicted octanol–water partition coefficient (Wildman–Crippen LogP) is 1.94. The third kappa shape index (κ3) is 4.69. The average molecular weight is 409 g/mol. The minimum atomic E-state index is -0.172. The summed E-state index contributed by atoms with van der Waals surface area (Å²) in [6, 6.07) is 6.10. The Balaban J connectivity index is 1.29. The molecule has 158 valence electrons. The molecule has 0 unspecified atom stereocenters. The highest BCUT2D eigenvalue weighted by Crippen LogP contribution is 2.26. The van der Waals surface area contributed by atoms with E-state index in [4.69, 9.17) is 10.5 Å². The lowest BCUT2D eigenvalue weighted by atomic mass is 9.94. The summed E-state index contributed by atoms with van der Waals surface area (Å²) in [5.41, 5.74) is 8.41. The minimum absolute atomic E-state index is 0.00540. The minimum Gasteiger partial charge on any atom is -0.493 e. The summed E-state index contributed by atoms with van der Waals surface area (Å²) in [7, 11) is 0. The molecule has 0 radical (unpaired) electrons. The van der Waals surface area contributed by atoms with E-state index in [9.17, 15) is 9.59 Å². The molecule has 3 heterocycles. The molecule has 30 heavy (non-hydrogen) atoms. The molecule has 1 aromatic heterocycles. The number of nitrogens with zero attached hydrogens (tertiary/aromatic N) is 3. The van der Waals surface area contributed by atoms with Gasteiger partial charge in [-0.15, -0.1) is 0 Å². The number of likely N-dealkylation sites (tertiary alicyclic amines) is 1. The fourth-order valence-corrected chi connectivity index (χ4v) is 4.15. The van der Waals surface area contributed by atoms with Crippen LogP contribution in [0.3, 0.4) is 0 Å². The molecule has 1 atom stereocenters. The van der Waals surface area contributed by atoms with Gasteiger partial charge >= 0.3 is 0 Å². The molecule has 3 N–H and O–H groups in total. The number of hydrogen-bond acceptors (Lipinski definition) is 6. The van der Waals surface area contributed by atoms with Gasteiger partial charge in [0.2, 0.25) is 5.91 Å². The third-order valence-electron chi connectivity index (χ3n) is 5.72.